The first-order chi connectivity index (χ1) is 9.88. The topological polar surface area (TPSA) is 82.6 Å². The van der Waals surface area contributed by atoms with Crippen LogP contribution in [0.15, 0.2) is 0 Å². The normalized spacial score (nSPS) is 15.0. The minimum absolute atomic E-state index is 0.114. The van der Waals surface area contributed by atoms with E-state index >= 15 is 0 Å². The largest absolute Gasteiger partial charge is 0.326 e. The first-order valence-electron chi connectivity index (χ1n) is 6.68. The fourth-order valence-electron chi connectivity index (χ4n) is 1.99. The third-order valence-electron chi connectivity index (χ3n) is 3.29. The van der Waals surface area contributed by atoms with Crippen LogP contribution in [0.25, 0.3) is 0 Å². The van der Waals surface area contributed by atoms with Crippen molar-refractivity contribution >= 4 is 34.3 Å². The van der Waals surface area contributed by atoms with Gasteiger partial charge in [-0.3, -0.25) is 14.5 Å². The molecule has 1 aromatic rings. The Labute approximate surface area is 126 Å². The Morgan fingerprint density at radius 2 is 2.10 bits per heavy atom. The number of anilines is 1. The molecule has 0 atom stereocenters. The lowest BCUT2D eigenvalue weighted by atomic mass is 10.3. The van der Waals surface area contributed by atoms with Crippen molar-refractivity contribution in [2.24, 2.45) is 0 Å². The molecule has 1 saturated heterocycles. The SMILES string of the molecule is Cc1nc(NC(=O)CCCN2C(=O)CN(C)C2=O)sc1C. The first-order valence-corrected chi connectivity index (χ1v) is 7.49. The number of carbonyl (C=O) groups is 3. The maximum Gasteiger partial charge on any atom is 0.326 e. The highest BCUT2D eigenvalue weighted by Crippen LogP contribution is 2.21. The molecule has 1 aliphatic rings. The van der Waals surface area contributed by atoms with E-state index in [1.807, 2.05) is 13.8 Å². The van der Waals surface area contributed by atoms with Gasteiger partial charge in [-0.1, -0.05) is 0 Å². The lowest BCUT2D eigenvalue weighted by molar-refractivity contribution is -0.125. The van der Waals surface area contributed by atoms with Gasteiger partial charge in [0, 0.05) is 24.9 Å². The fourth-order valence-corrected chi connectivity index (χ4v) is 2.83. The van der Waals surface area contributed by atoms with Crippen LogP contribution < -0.4 is 5.32 Å². The quantitative estimate of drug-likeness (QED) is 0.833. The summed E-state index contributed by atoms with van der Waals surface area (Å²) in [6.45, 7) is 4.22. The number of hydrogen-bond donors (Lipinski definition) is 1. The van der Waals surface area contributed by atoms with Gasteiger partial charge >= 0.3 is 6.03 Å². The Morgan fingerprint density at radius 1 is 1.38 bits per heavy atom. The molecule has 0 spiro atoms. The molecule has 2 rings (SSSR count). The maximum atomic E-state index is 11.8. The van der Waals surface area contributed by atoms with Crippen LogP contribution in [0.4, 0.5) is 9.93 Å². The molecule has 0 bridgehead atoms. The van der Waals surface area contributed by atoms with Crippen LogP contribution in [-0.4, -0.2) is 52.8 Å². The summed E-state index contributed by atoms with van der Waals surface area (Å²) >= 11 is 1.43. The molecular weight excluding hydrogens is 292 g/mol. The highest BCUT2D eigenvalue weighted by atomic mass is 32.1. The second kappa shape index (κ2) is 6.21. The zero-order valence-corrected chi connectivity index (χ0v) is 13.1. The number of likely N-dealkylation sites (N-methyl/N-ethyl adjacent to an activating group) is 1. The van der Waals surface area contributed by atoms with E-state index in [1.165, 1.54) is 21.1 Å². The van der Waals surface area contributed by atoms with Gasteiger partial charge in [-0.2, -0.15) is 0 Å². The van der Waals surface area contributed by atoms with Gasteiger partial charge in [-0.05, 0) is 20.3 Å². The monoisotopic (exact) mass is 310 g/mol. The third kappa shape index (κ3) is 3.57. The van der Waals surface area contributed by atoms with Crippen molar-refractivity contribution < 1.29 is 14.4 Å². The van der Waals surface area contributed by atoms with Gasteiger partial charge in [0.25, 0.3) is 0 Å². The van der Waals surface area contributed by atoms with E-state index < -0.39 is 0 Å². The van der Waals surface area contributed by atoms with Crippen molar-refractivity contribution in [3.05, 3.63) is 10.6 Å². The molecule has 0 radical (unpaired) electrons. The van der Waals surface area contributed by atoms with Crippen molar-refractivity contribution in [2.75, 3.05) is 25.5 Å². The van der Waals surface area contributed by atoms with Crippen molar-refractivity contribution in [1.82, 2.24) is 14.8 Å². The second-order valence-electron chi connectivity index (χ2n) is 5.00. The number of nitrogens with one attached hydrogen (secondary N) is 1. The van der Waals surface area contributed by atoms with Crippen LogP contribution >= 0.6 is 11.3 Å². The van der Waals surface area contributed by atoms with Crippen LogP contribution in [0.1, 0.15) is 23.4 Å². The molecule has 2 heterocycles. The number of imide groups is 1. The van der Waals surface area contributed by atoms with Crippen molar-refractivity contribution in [2.45, 2.75) is 26.7 Å². The summed E-state index contributed by atoms with van der Waals surface area (Å²) in [4.78, 5) is 42.8. The molecular formula is C13H18N4O3S. The van der Waals surface area contributed by atoms with Crippen molar-refractivity contribution in [1.29, 1.82) is 0 Å². The summed E-state index contributed by atoms with van der Waals surface area (Å²) in [7, 11) is 1.58. The fraction of sp³-hybridized carbons (Fsp3) is 0.538. The highest BCUT2D eigenvalue weighted by molar-refractivity contribution is 7.15. The molecule has 21 heavy (non-hydrogen) atoms. The number of nitrogens with zero attached hydrogens (tertiary/aromatic N) is 3. The van der Waals surface area contributed by atoms with Gasteiger partial charge in [-0.25, -0.2) is 9.78 Å². The zero-order chi connectivity index (χ0) is 15.6. The van der Waals surface area contributed by atoms with E-state index in [-0.39, 0.29) is 37.4 Å². The Hall–Kier alpha value is -1.96. The summed E-state index contributed by atoms with van der Waals surface area (Å²) in [6.07, 6.45) is 0.693. The number of aryl methyl sites for hydroxylation is 2. The van der Waals surface area contributed by atoms with E-state index in [4.69, 9.17) is 0 Å². The van der Waals surface area contributed by atoms with Gasteiger partial charge < -0.3 is 10.2 Å². The van der Waals surface area contributed by atoms with E-state index in [0.717, 1.165) is 10.6 Å². The molecule has 1 aliphatic heterocycles. The van der Waals surface area contributed by atoms with Crippen molar-refractivity contribution in [3.63, 3.8) is 0 Å². The van der Waals surface area contributed by atoms with Gasteiger partial charge in [0.2, 0.25) is 11.8 Å². The Morgan fingerprint density at radius 3 is 2.62 bits per heavy atom. The molecule has 1 fully saturated rings. The molecule has 7 nitrogen and oxygen atoms in total. The highest BCUT2D eigenvalue weighted by Gasteiger charge is 2.32. The van der Waals surface area contributed by atoms with Crippen LogP contribution in [0.5, 0.6) is 0 Å². The maximum absolute atomic E-state index is 11.8. The van der Waals surface area contributed by atoms with Crippen LogP contribution in [0.3, 0.4) is 0 Å². The smallest absolute Gasteiger partial charge is 0.318 e. The Kier molecular flexibility index (Phi) is 4.56. The van der Waals surface area contributed by atoms with Gasteiger partial charge in [0.1, 0.15) is 6.54 Å². The summed E-state index contributed by atoms with van der Waals surface area (Å²) in [6, 6.07) is -0.299. The molecule has 114 valence electrons. The van der Waals surface area contributed by atoms with E-state index in [9.17, 15) is 14.4 Å². The summed E-state index contributed by atoms with van der Waals surface area (Å²) in [5, 5.41) is 3.32. The zero-order valence-electron chi connectivity index (χ0n) is 12.3. The number of aromatic nitrogens is 1. The van der Waals surface area contributed by atoms with Crippen LogP contribution in [0, 0.1) is 13.8 Å². The van der Waals surface area contributed by atoms with E-state index in [2.05, 4.69) is 10.3 Å². The minimum atomic E-state index is -0.299. The summed E-state index contributed by atoms with van der Waals surface area (Å²) < 4.78 is 0. The summed E-state index contributed by atoms with van der Waals surface area (Å²) in [5.41, 5.74) is 0.909. The molecule has 8 heteroatoms. The van der Waals surface area contributed by atoms with Crippen molar-refractivity contribution in [3.8, 4) is 0 Å². The van der Waals surface area contributed by atoms with E-state index in [1.54, 1.807) is 7.05 Å². The average Bonchev–Trinajstić information content (AvgIpc) is 2.83. The average molecular weight is 310 g/mol. The van der Waals surface area contributed by atoms with Gasteiger partial charge in [0.05, 0.1) is 5.69 Å². The number of thiazole rings is 1. The number of amides is 4. The lowest BCUT2D eigenvalue weighted by Gasteiger charge is -2.13. The third-order valence-corrected chi connectivity index (χ3v) is 4.28. The predicted octanol–water partition coefficient (Wildman–Crippen LogP) is 1.37. The molecule has 0 saturated carbocycles. The predicted molar refractivity (Wildman–Crippen MR) is 79.2 cm³/mol. The number of urea groups is 1. The Bertz CT molecular complexity index is 564. The molecule has 1 N–H and O–H groups in total. The first kappa shape index (κ1) is 15.4. The van der Waals surface area contributed by atoms with E-state index in [0.29, 0.717) is 11.6 Å². The minimum Gasteiger partial charge on any atom is -0.318 e. The molecule has 0 unspecified atom stereocenters. The second-order valence-corrected chi connectivity index (χ2v) is 6.20. The molecule has 0 aromatic carbocycles. The number of carbonyl (C=O) groups excluding carboxylic acids is 3. The van der Waals surface area contributed by atoms with Crippen LogP contribution in [-0.2, 0) is 9.59 Å². The lowest BCUT2D eigenvalue weighted by Crippen LogP contribution is -2.32. The molecule has 4 amide bonds. The molecule has 0 aliphatic carbocycles. The number of rotatable bonds is 5. The number of hydrogen-bond acceptors (Lipinski definition) is 5. The Balaban J connectivity index is 1.77. The van der Waals surface area contributed by atoms with Crippen LogP contribution in [0.2, 0.25) is 0 Å². The summed E-state index contributed by atoms with van der Waals surface area (Å²) in [5.74, 6) is -0.370. The van der Waals surface area contributed by atoms with Gasteiger partial charge in [0.15, 0.2) is 5.13 Å². The molecule has 1 aromatic heterocycles. The standard InChI is InChI=1S/C13H18N4O3S/c1-8-9(2)21-12(14-8)15-10(18)5-4-6-17-11(19)7-16(3)13(17)20/h4-7H2,1-3H3,(H,14,15,18). The van der Waals surface area contributed by atoms with Gasteiger partial charge in [-0.15, -0.1) is 11.3 Å².